The van der Waals surface area contributed by atoms with Gasteiger partial charge in [-0.25, -0.2) is 4.79 Å². The summed E-state index contributed by atoms with van der Waals surface area (Å²) in [6.07, 6.45) is -0.0655. The Hall–Kier alpha value is -2.04. The standard InChI is InChI=1S/C13H18N2O3/c1-10-4-3-5-11(8-10)9-15(2)13(18)14-7-6-12(16)17/h3-5,8H,6-7,9H2,1-2H3,(H,14,18)(H,16,17). The molecule has 0 atom stereocenters. The van der Waals surface area contributed by atoms with E-state index in [9.17, 15) is 9.59 Å². The molecular weight excluding hydrogens is 232 g/mol. The lowest BCUT2D eigenvalue weighted by atomic mass is 10.1. The van der Waals surface area contributed by atoms with Gasteiger partial charge in [0.05, 0.1) is 6.42 Å². The summed E-state index contributed by atoms with van der Waals surface area (Å²) in [6.45, 7) is 2.64. The van der Waals surface area contributed by atoms with Crippen LogP contribution in [0.15, 0.2) is 24.3 Å². The maximum absolute atomic E-state index is 11.6. The minimum Gasteiger partial charge on any atom is -0.481 e. The lowest BCUT2D eigenvalue weighted by Gasteiger charge is -2.18. The van der Waals surface area contributed by atoms with Crippen LogP contribution in [0.3, 0.4) is 0 Å². The Morgan fingerprint density at radius 3 is 2.72 bits per heavy atom. The van der Waals surface area contributed by atoms with Crippen LogP contribution in [0.4, 0.5) is 4.79 Å². The second kappa shape index (κ2) is 6.64. The summed E-state index contributed by atoms with van der Waals surface area (Å²) >= 11 is 0. The van der Waals surface area contributed by atoms with E-state index in [1.807, 2.05) is 31.2 Å². The molecule has 0 spiro atoms. The zero-order chi connectivity index (χ0) is 13.5. The topological polar surface area (TPSA) is 69.6 Å². The highest BCUT2D eigenvalue weighted by atomic mass is 16.4. The number of hydrogen-bond acceptors (Lipinski definition) is 2. The molecule has 0 unspecified atom stereocenters. The number of nitrogens with one attached hydrogen (secondary N) is 1. The molecule has 0 saturated heterocycles. The molecule has 0 aliphatic rings. The summed E-state index contributed by atoms with van der Waals surface area (Å²) in [5, 5.41) is 11.0. The van der Waals surface area contributed by atoms with Crippen LogP contribution in [0.2, 0.25) is 0 Å². The summed E-state index contributed by atoms with van der Waals surface area (Å²) in [4.78, 5) is 23.5. The Morgan fingerprint density at radius 2 is 2.11 bits per heavy atom. The van der Waals surface area contributed by atoms with Crippen LogP contribution in [0, 0.1) is 6.92 Å². The molecule has 5 heteroatoms. The van der Waals surface area contributed by atoms with Gasteiger partial charge in [0.25, 0.3) is 0 Å². The third-order valence-electron chi connectivity index (χ3n) is 2.46. The first-order valence-corrected chi connectivity index (χ1v) is 5.75. The van der Waals surface area contributed by atoms with Crippen molar-refractivity contribution in [3.63, 3.8) is 0 Å². The van der Waals surface area contributed by atoms with Crippen molar-refractivity contribution in [1.82, 2.24) is 10.2 Å². The third-order valence-corrected chi connectivity index (χ3v) is 2.46. The van der Waals surface area contributed by atoms with Gasteiger partial charge < -0.3 is 15.3 Å². The van der Waals surface area contributed by atoms with Crippen LogP contribution in [-0.2, 0) is 11.3 Å². The van der Waals surface area contributed by atoms with Crippen LogP contribution < -0.4 is 5.32 Å². The zero-order valence-electron chi connectivity index (χ0n) is 10.6. The average molecular weight is 250 g/mol. The van der Waals surface area contributed by atoms with Crippen molar-refractivity contribution in [2.45, 2.75) is 19.9 Å². The second-order valence-electron chi connectivity index (χ2n) is 4.22. The van der Waals surface area contributed by atoms with Crippen molar-refractivity contribution >= 4 is 12.0 Å². The number of carboxylic acid groups (broad SMARTS) is 1. The van der Waals surface area contributed by atoms with E-state index in [4.69, 9.17) is 5.11 Å². The lowest BCUT2D eigenvalue weighted by Crippen LogP contribution is -2.37. The number of benzene rings is 1. The van der Waals surface area contributed by atoms with Gasteiger partial charge in [-0.2, -0.15) is 0 Å². The Labute approximate surface area is 106 Å². The van der Waals surface area contributed by atoms with Gasteiger partial charge in [-0.15, -0.1) is 0 Å². The largest absolute Gasteiger partial charge is 0.481 e. The van der Waals surface area contributed by atoms with E-state index < -0.39 is 5.97 Å². The first-order chi connectivity index (χ1) is 8.49. The SMILES string of the molecule is Cc1cccc(CN(C)C(=O)NCCC(=O)O)c1. The van der Waals surface area contributed by atoms with Crippen molar-refractivity contribution in [2.24, 2.45) is 0 Å². The molecule has 0 fully saturated rings. The van der Waals surface area contributed by atoms with Gasteiger partial charge in [0.2, 0.25) is 0 Å². The third kappa shape index (κ3) is 4.86. The number of hydrogen-bond donors (Lipinski definition) is 2. The van der Waals surface area contributed by atoms with E-state index in [2.05, 4.69) is 5.32 Å². The number of aliphatic carboxylic acids is 1. The predicted molar refractivity (Wildman–Crippen MR) is 68.3 cm³/mol. The normalized spacial score (nSPS) is 9.89. The molecule has 0 bridgehead atoms. The Bertz CT molecular complexity index is 432. The van der Waals surface area contributed by atoms with Gasteiger partial charge in [0.1, 0.15) is 0 Å². The molecule has 0 aliphatic carbocycles. The summed E-state index contributed by atoms with van der Waals surface area (Å²) in [5.41, 5.74) is 2.19. The first-order valence-electron chi connectivity index (χ1n) is 5.75. The van der Waals surface area contributed by atoms with Gasteiger partial charge >= 0.3 is 12.0 Å². The van der Waals surface area contributed by atoms with E-state index in [-0.39, 0.29) is 19.0 Å². The van der Waals surface area contributed by atoms with E-state index in [1.165, 1.54) is 4.90 Å². The van der Waals surface area contributed by atoms with Gasteiger partial charge in [-0.1, -0.05) is 29.8 Å². The van der Waals surface area contributed by atoms with E-state index in [0.717, 1.165) is 11.1 Å². The quantitative estimate of drug-likeness (QED) is 0.834. The van der Waals surface area contributed by atoms with Crippen molar-refractivity contribution in [1.29, 1.82) is 0 Å². The zero-order valence-corrected chi connectivity index (χ0v) is 10.6. The first kappa shape index (κ1) is 14.0. The highest BCUT2D eigenvalue weighted by Crippen LogP contribution is 2.06. The molecule has 1 aromatic rings. The monoisotopic (exact) mass is 250 g/mol. The number of carboxylic acids is 1. The molecule has 0 aromatic heterocycles. The minimum atomic E-state index is -0.920. The van der Waals surface area contributed by atoms with E-state index in [1.54, 1.807) is 7.05 Å². The van der Waals surface area contributed by atoms with Crippen molar-refractivity contribution in [3.05, 3.63) is 35.4 Å². The summed E-state index contributed by atoms with van der Waals surface area (Å²) in [6, 6.07) is 7.64. The summed E-state index contributed by atoms with van der Waals surface area (Å²) < 4.78 is 0. The fraction of sp³-hybridized carbons (Fsp3) is 0.385. The molecule has 18 heavy (non-hydrogen) atoms. The smallest absolute Gasteiger partial charge is 0.317 e. The molecule has 2 amide bonds. The number of carbonyl (C=O) groups is 2. The van der Waals surface area contributed by atoms with Crippen molar-refractivity contribution in [2.75, 3.05) is 13.6 Å². The fourth-order valence-corrected chi connectivity index (χ4v) is 1.57. The Balaban J connectivity index is 2.42. The molecular formula is C13H18N2O3. The lowest BCUT2D eigenvalue weighted by molar-refractivity contribution is -0.136. The number of nitrogens with zero attached hydrogens (tertiary/aromatic N) is 1. The number of rotatable bonds is 5. The van der Waals surface area contributed by atoms with Crippen LogP contribution in [0.25, 0.3) is 0 Å². The van der Waals surface area contributed by atoms with Crippen molar-refractivity contribution in [3.8, 4) is 0 Å². The molecule has 1 aromatic carbocycles. The molecule has 0 saturated carbocycles. The van der Waals surface area contributed by atoms with Gasteiger partial charge in [0.15, 0.2) is 0 Å². The van der Waals surface area contributed by atoms with E-state index in [0.29, 0.717) is 6.54 Å². The molecule has 98 valence electrons. The van der Waals surface area contributed by atoms with Crippen LogP contribution in [-0.4, -0.2) is 35.6 Å². The summed E-state index contributed by atoms with van der Waals surface area (Å²) in [5.74, 6) is -0.920. The van der Waals surface area contributed by atoms with Crippen LogP contribution in [0.5, 0.6) is 0 Å². The van der Waals surface area contributed by atoms with Gasteiger partial charge in [-0.3, -0.25) is 4.79 Å². The minimum absolute atomic E-state index is 0.0655. The number of aryl methyl sites for hydroxylation is 1. The molecule has 0 radical (unpaired) electrons. The predicted octanol–water partition coefficient (Wildman–Crippen LogP) is 1.61. The molecule has 1 rings (SSSR count). The van der Waals surface area contributed by atoms with Gasteiger partial charge in [0, 0.05) is 20.1 Å². The maximum atomic E-state index is 11.6. The van der Waals surface area contributed by atoms with E-state index >= 15 is 0 Å². The molecule has 0 heterocycles. The summed E-state index contributed by atoms with van der Waals surface area (Å²) in [7, 11) is 1.68. The highest BCUT2D eigenvalue weighted by molar-refractivity contribution is 5.75. The molecule has 2 N–H and O–H groups in total. The highest BCUT2D eigenvalue weighted by Gasteiger charge is 2.09. The Morgan fingerprint density at radius 1 is 1.39 bits per heavy atom. The molecule has 0 aliphatic heterocycles. The number of carbonyl (C=O) groups excluding carboxylic acids is 1. The van der Waals surface area contributed by atoms with Crippen LogP contribution in [0.1, 0.15) is 17.5 Å². The van der Waals surface area contributed by atoms with Gasteiger partial charge in [-0.05, 0) is 12.5 Å². The van der Waals surface area contributed by atoms with Crippen LogP contribution >= 0.6 is 0 Å². The average Bonchev–Trinajstić information content (AvgIpc) is 2.28. The maximum Gasteiger partial charge on any atom is 0.317 e. The number of urea groups is 1. The second-order valence-corrected chi connectivity index (χ2v) is 4.22. The number of amides is 2. The van der Waals surface area contributed by atoms with Crippen molar-refractivity contribution < 1.29 is 14.7 Å². The fourth-order valence-electron chi connectivity index (χ4n) is 1.57. The molecule has 5 nitrogen and oxygen atoms in total. The Kier molecular flexibility index (Phi) is 5.17.